The van der Waals surface area contributed by atoms with Gasteiger partial charge in [-0.25, -0.2) is 19.4 Å². The van der Waals surface area contributed by atoms with Gasteiger partial charge in [-0.15, -0.1) is 0 Å². The third-order valence-corrected chi connectivity index (χ3v) is 8.28. The summed E-state index contributed by atoms with van der Waals surface area (Å²) in [4.78, 5) is 81.3. The summed E-state index contributed by atoms with van der Waals surface area (Å²) in [5.41, 5.74) is 0.849. The van der Waals surface area contributed by atoms with E-state index in [1.807, 2.05) is 0 Å². The van der Waals surface area contributed by atoms with Crippen molar-refractivity contribution in [3.05, 3.63) is 85.0 Å². The van der Waals surface area contributed by atoms with Gasteiger partial charge in [-0.3, -0.25) is 19.2 Å². The van der Waals surface area contributed by atoms with Gasteiger partial charge in [0.05, 0.1) is 35.0 Å². The van der Waals surface area contributed by atoms with Crippen LogP contribution in [0.2, 0.25) is 0 Å². The molecule has 0 N–H and O–H groups in total. The molecule has 0 spiro atoms. The van der Waals surface area contributed by atoms with Gasteiger partial charge in [0, 0.05) is 35.1 Å². The zero-order valence-electron chi connectivity index (χ0n) is 22.8. The maximum Gasteiger partial charge on any atom is 0.338 e. The Morgan fingerprint density at radius 3 is 1.26 bits per heavy atom. The molecule has 7 rings (SSSR count). The zero-order chi connectivity index (χ0) is 30.0. The van der Waals surface area contributed by atoms with Crippen molar-refractivity contribution in [1.29, 1.82) is 0 Å². The van der Waals surface area contributed by atoms with Gasteiger partial charge < -0.3 is 9.47 Å². The second kappa shape index (κ2) is 9.76. The number of ether oxygens (including phenoxy) is 2. The first kappa shape index (κ1) is 27.1. The minimum Gasteiger partial charge on any atom is -0.423 e. The van der Waals surface area contributed by atoms with Crippen LogP contribution in [0.25, 0.3) is 0 Å². The molecule has 2 bridgehead atoms. The Hall–Kier alpha value is -5.12. The van der Waals surface area contributed by atoms with Crippen molar-refractivity contribution in [1.82, 2.24) is 0 Å². The first-order valence-corrected chi connectivity index (χ1v) is 13.4. The fraction of sp³-hybridized carbons (Fsp3) is 0.250. The molecule has 2 saturated heterocycles. The standard InChI is InChI=1S/C32H26N2O8/c1-15(2)31(39)41-19-9-5-7-17(13-19)33-27(35)23-21-11-12-22(24(23)28(33)36)26-25(21)29(37)34(30(26)38)18-8-6-10-20(14-18)42-32(40)16(3)4/h5-14,21-26H,1,3H2,2,4H3/t21?,22?,23-,24-,25-,26+/m0/s1. The van der Waals surface area contributed by atoms with E-state index in [0.29, 0.717) is 0 Å². The lowest BCUT2D eigenvalue weighted by Gasteiger charge is -2.44. The molecule has 5 aliphatic rings. The number of carbonyl (C=O) groups excluding carboxylic acids is 6. The van der Waals surface area contributed by atoms with Crippen LogP contribution in [0.4, 0.5) is 11.4 Å². The van der Waals surface area contributed by atoms with E-state index in [9.17, 15) is 28.8 Å². The van der Waals surface area contributed by atoms with Crippen molar-refractivity contribution in [3.8, 4) is 11.5 Å². The highest BCUT2D eigenvalue weighted by Gasteiger charge is 2.68. The van der Waals surface area contributed by atoms with Crippen LogP contribution < -0.4 is 19.3 Å². The average molecular weight is 567 g/mol. The third kappa shape index (κ3) is 4.01. The van der Waals surface area contributed by atoms with E-state index < -0.39 is 71.1 Å². The van der Waals surface area contributed by atoms with Crippen LogP contribution in [0, 0.1) is 35.5 Å². The van der Waals surface area contributed by atoms with Crippen LogP contribution in [0.3, 0.4) is 0 Å². The largest absolute Gasteiger partial charge is 0.423 e. The van der Waals surface area contributed by atoms with Crippen LogP contribution in [0.5, 0.6) is 11.5 Å². The molecule has 2 aromatic carbocycles. The number of hydrogen-bond acceptors (Lipinski definition) is 8. The van der Waals surface area contributed by atoms with Crippen molar-refractivity contribution >= 4 is 46.9 Å². The molecule has 0 radical (unpaired) electrons. The molecule has 1 saturated carbocycles. The highest BCUT2D eigenvalue weighted by molar-refractivity contribution is 6.26. The SMILES string of the molecule is C=C(C)C(=O)Oc1cccc(N2C(=O)[C@@H]3C4C=CC([C@@H]3C2=O)[C@@H]2C(=O)N(c3cccc(OC(=O)C(=C)C)c3)C(=O)[C@@H]42)c1. The van der Waals surface area contributed by atoms with Gasteiger partial charge in [-0.05, 0) is 38.1 Å². The van der Waals surface area contributed by atoms with Gasteiger partial charge in [0.2, 0.25) is 23.6 Å². The Labute approximate surface area is 240 Å². The molecular formula is C32H26N2O8. The van der Waals surface area contributed by atoms with Crippen molar-refractivity contribution in [3.63, 3.8) is 0 Å². The highest BCUT2D eigenvalue weighted by Crippen LogP contribution is 2.58. The van der Waals surface area contributed by atoms with Crippen molar-refractivity contribution in [2.24, 2.45) is 35.5 Å². The molecule has 3 fully saturated rings. The molecule has 212 valence electrons. The Morgan fingerprint density at radius 1 is 0.619 bits per heavy atom. The van der Waals surface area contributed by atoms with E-state index in [4.69, 9.17) is 9.47 Å². The maximum absolute atomic E-state index is 13.8. The van der Waals surface area contributed by atoms with E-state index in [2.05, 4.69) is 13.2 Å². The molecule has 0 aromatic heterocycles. The zero-order valence-corrected chi connectivity index (χ0v) is 22.8. The summed E-state index contributed by atoms with van der Waals surface area (Å²) in [5, 5.41) is 0. The Kier molecular flexibility index (Phi) is 6.29. The lowest BCUT2D eigenvalue weighted by molar-refractivity contribution is -0.137. The summed E-state index contributed by atoms with van der Waals surface area (Å²) in [6.07, 6.45) is 3.54. The van der Waals surface area contributed by atoms with E-state index in [0.717, 1.165) is 9.80 Å². The van der Waals surface area contributed by atoms with Crippen molar-refractivity contribution in [2.45, 2.75) is 13.8 Å². The second-order valence-corrected chi connectivity index (χ2v) is 11.0. The Bertz CT molecular complexity index is 1510. The number of carbonyl (C=O) groups is 6. The highest BCUT2D eigenvalue weighted by atomic mass is 16.5. The van der Waals surface area contributed by atoms with Crippen LogP contribution in [0.15, 0.2) is 85.0 Å². The number of allylic oxidation sites excluding steroid dienone is 2. The molecule has 10 nitrogen and oxygen atoms in total. The first-order chi connectivity index (χ1) is 20.0. The smallest absolute Gasteiger partial charge is 0.338 e. The number of benzene rings is 2. The maximum atomic E-state index is 13.8. The number of esters is 2. The molecular weight excluding hydrogens is 540 g/mol. The molecule has 2 heterocycles. The van der Waals surface area contributed by atoms with Crippen LogP contribution in [0.1, 0.15) is 13.8 Å². The predicted molar refractivity (Wildman–Crippen MR) is 149 cm³/mol. The monoisotopic (exact) mass is 566 g/mol. The number of hydrogen-bond donors (Lipinski definition) is 0. The molecule has 3 aliphatic carbocycles. The van der Waals surface area contributed by atoms with Crippen molar-refractivity contribution in [2.75, 3.05) is 9.80 Å². The van der Waals surface area contributed by atoms with E-state index in [1.165, 1.54) is 38.1 Å². The van der Waals surface area contributed by atoms with Crippen LogP contribution >= 0.6 is 0 Å². The number of anilines is 2. The van der Waals surface area contributed by atoms with Crippen LogP contribution in [-0.4, -0.2) is 35.6 Å². The number of amides is 4. The number of rotatable bonds is 6. The minimum absolute atomic E-state index is 0.145. The molecule has 2 unspecified atom stereocenters. The van der Waals surface area contributed by atoms with Gasteiger partial charge in [0.1, 0.15) is 11.5 Å². The Balaban J connectivity index is 1.30. The summed E-state index contributed by atoms with van der Waals surface area (Å²) >= 11 is 0. The summed E-state index contributed by atoms with van der Waals surface area (Å²) in [6, 6.07) is 12.2. The van der Waals surface area contributed by atoms with E-state index >= 15 is 0 Å². The van der Waals surface area contributed by atoms with E-state index in [-0.39, 0.29) is 34.0 Å². The molecule has 4 amide bonds. The normalized spacial score (nSPS) is 27.2. The van der Waals surface area contributed by atoms with Gasteiger partial charge in [0.15, 0.2) is 0 Å². The second-order valence-electron chi connectivity index (χ2n) is 11.0. The Morgan fingerprint density at radius 2 is 0.952 bits per heavy atom. The molecule has 6 atom stereocenters. The van der Waals surface area contributed by atoms with Gasteiger partial charge in [-0.1, -0.05) is 37.4 Å². The lowest BCUT2D eigenvalue weighted by Crippen LogP contribution is -2.50. The summed E-state index contributed by atoms with van der Waals surface area (Å²) < 4.78 is 10.6. The topological polar surface area (TPSA) is 127 Å². The fourth-order valence-electron chi connectivity index (χ4n) is 6.50. The molecule has 42 heavy (non-hydrogen) atoms. The molecule has 2 aliphatic heterocycles. The average Bonchev–Trinajstić information content (AvgIpc) is 3.40. The van der Waals surface area contributed by atoms with Gasteiger partial charge in [-0.2, -0.15) is 0 Å². The quantitative estimate of drug-likeness (QED) is 0.171. The van der Waals surface area contributed by atoms with Crippen LogP contribution in [-0.2, 0) is 28.8 Å². The van der Waals surface area contributed by atoms with E-state index in [1.54, 1.807) is 36.4 Å². The van der Waals surface area contributed by atoms with Gasteiger partial charge >= 0.3 is 11.9 Å². The minimum atomic E-state index is -0.824. The fourth-order valence-corrected chi connectivity index (χ4v) is 6.50. The third-order valence-electron chi connectivity index (χ3n) is 8.28. The predicted octanol–water partition coefficient (Wildman–Crippen LogP) is 3.38. The van der Waals surface area contributed by atoms with Gasteiger partial charge in [0.25, 0.3) is 0 Å². The summed E-state index contributed by atoms with van der Waals surface area (Å²) in [7, 11) is 0. The summed E-state index contributed by atoms with van der Waals surface area (Å²) in [5.74, 6) is -7.52. The summed E-state index contributed by atoms with van der Waals surface area (Å²) in [6.45, 7) is 10.1. The first-order valence-electron chi connectivity index (χ1n) is 13.4. The number of nitrogens with zero attached hydrogens (tertiary/aromatic N) is 2. The lowest BCUT2D eigenvalue weighted by atomic mass is 9.54. The molecule has 2 aromatic rings. The molecule has 10 heteroatoms. The number of imide groups is 2. The van der Waals surface area contributed by atoms with Crippen molar-refractivity contribution < 1.29 is 38.2 Å².